The molecule has 22 heavy (non-hydrogen) atoms. The van der Waals surface area contributed by atoms with Crippen molar-refractivity contribution in [3.05, 3.63) is 35.9 Å². The van der Waals surface area contributed by atoms with E-state index < -0.39 is 0 Å². The summed E-state index contributed by atoms with van der Waals surface area (Å²) in [7, 11) is 3.20. The molecule has 0 spiro atoms. The molecule has 1 aromatic carbocycles. The number of halogens is 1. The second kappa shape index (κ2) is 10.1. The van der Waals surface area contributed by atoms with Crippen molar-refractivity contribution in [3.63, 3.8) is 0 Å². The number of allylic oxidation sites excluding steroid dienone is 1. The second-order valence-electron chi connectivity index (χ2n) is 4.84. The quantitative estimate of drug-likeness (QED) is 0.716. The van der Waals surface area contributed by atoms with Gasteiger partial charge < -0.3 is 20.5 Å². The molecule has 0 saturated heterocycles. The number of carbonyl (C=O) groups is 1. The molecule has 0 aliphatic rings. The monoisotopic (exact) mass is 328 g/mol. The average molecular weight is 329 g/mol. The Morgan fingerprint density at radius 1 is 1.41 bits per heavy atom. The highest BCUT2D eigenvalue weighted by atomic mass is 35.5. The Balaban J connectivity index is 0.00000441. The first kappa shape index (κ1) is 20.3. The molecular formula is C16H25ClN2O3. The fraction of sp³-hybridized carbons (Fsp3) is 0.438. The van der Waals surface area contributed by atoms with Crippen molar-refractivity contribution >= 4 is 18.3 Å². The number of amides is 1. The number of ether oxygens (including phenoxy) is 2. The van der Waals surface area contributed by atoms with Crippen molar-refractivity contribution in [2.75, 3.05) is 20.8 Å². The Labute approximate surface area is 138 Å². The van der Waals surface area contributed by atoms with Crippen LogP contribution < -0.4 is 20.5 Å². The molecule has 0 bridgehead atoms. The zero-order valence-corrected chi connectivity index (χ0v) is 14.2. The largest absolute Gasteiger partial charge is 0.493 e. The van der Waals surface area contributed by atoms with E-state index in [0.717, 1.165) is 11.1 Å². The summed E-state index contributed by atoms with van der Waals surface area (Å²) in [5, 5.41) is 2.87. The fourth-order valence-electron chi connectivity index (χ4n) is 1.99. The first-order chi connectivity index (χ1) is 10.1. The summed E-state index contributed by atoms with van der Waals surface area (Å²) in [4.78, 5) is 11.8. The van der Waals surface area contributed by atoms with Gasteiger partial charge in [0.25, 0.3) is 0 Å². The Bertz CT molecular complexity index is 506. The van der Waals surface area contributed by atoms with Crippen LogP contribution in [-0.4, -0.2) is 26.7 Å². The molecule has 1 atom stereocenters. The van der Waals surface area contributed by atoms with Gasteiger partial charge in [0.2, 0.25) is 5.91 Å². The van der Waals surface area contributed by atoms with Crippen molar-refractivity contribution in [1.29, 1.82) is 0 Å². The van der Waals surface area contributed by atoms with Gasteiger partial charge in [0.1, 0.15) is 0 Å². The van der Waals surface area contributed by atoms with Gasteiger partial charge in [-0.2, -0.15) is 0 Å². The summed E-state index contributed by atoms with van der Waals surface area (Å²) in [6.07, 6.45) is 2.47. The van der Waals surface area contributed by atoms with E-state index in [2.05, 4.69) is 11.9 Å². The molecule has 0 aliphatic heterocycles. The SMILES string of the molecule is C=CCc1cc(CNC(=O)C(C)CN)cc(OC)c1OC.Cl. The maximum absolute atomic E-state index is 11.8. The minimum absolute atomic E-state index is 0. The number of rotatable bonds is 8. The van der Waals surface area contributed by atoms with E-state index in [1.807, 2.05) is 12.1 Å². The summed E-state index contributed by atoms with van der Waals surface area (Å²) in [5.74, 6) is 1.09. The molecule has 6 heteroatoms. The van der Waals surface area contributed by atoms with Crippen molar-refractivity contribution < 1.29 is 14.3 Å². The minimum atomic E-state index is -0.196. The number of benzene rings is 1. The van der Waals surface area contributed by atoms with Gasteiger partial charge in [-0.05, 0) is 24.1 Å². The van der Waals surface area contributed by atoms with Gasteiger partial charge >= 0.3 is 0 Å². The van der Waals surface area contributed by atoms with E-state index in [1.165, 1.54) is 0 Å². The fourth-order valence-corrected chi connectivity index (χ4v) is 1.99. The van der Waals surface area contributed by atoms with Gasteiger partial charge in [-0.1, -0.05) is 13.0 Å². The van der Waals surface area contributed by atoms with E-state index in [-0.39, 0.29) is 24.2 Å². The first-order valence-electron chi connectivity index (χ1n) is 6.89. The third-order valence-electron chi connectivity index (χ3n) is 3.25. The van der Waals surface area contributed by atoms with Crippen LogP contribution in [0.4, 0.5) is 0 Å². The molecular weight excluding hydrogens is 304 g/mol. The van der Waals surface area contributed by atoms with Crippen LogP contribution in [0.3, 0.4) is 0 Å². The molecule has 3 N–H and O–H groups in total. The van der Waals surface area contributed by atoms with Crippen LogP contribution in [0.2, 0.25) is 0 Å². The zero-order chi connectivity index (χ0) is 15.8. The van der Waals surface area contributed by atoms with Crippen molar-refractivity contribution in [3.8, 4) is 11.5 Å². The lowest BCUT2D eigenvalue weighted by Crippen LogP contribution is -2.32. The van der Waals surface area contributed by atoms with Crippen LogP contribution in [0, 0.1) is 5.92 Å². The molecule has 1 rings (SSSR count). The highest BCUT2D eigenvalue weighted by molar-refractivity contribution is 5.85. The van der Waals surface area contributed by atoms with E-state index in [0.29, 0.717) is 31.0 Å². The topological polar surface area (TPSA) is 73.6 Å². The summed E-state index contributed by atoms with van der Waals surface area (Å²) in [6, 6.07) is 3.84. The van der Waals surface area contributed by atoms with Crippen LogP contribution in [0.5, 0.6) is 11.5 Å². The Morgan fingerprint density at radius 2 is 2.09 bits per heavy atom. The van der Waals surface area contributed by atoms with Gasteiger partial charge in [0, 0.05) is 24.6 Å². The Kier molecular flexibility index (Phi) is 9.29. The van der Waals surface area contributed by atoms with E-state index in [9.17, 15) is 4.79 Å². The minimum Gasteiger partial charge on any atom is -0.493 e. The van der Waals surface area contributed by atoms with Gasteiger partial charge in [-0.3, -0.25) is 4.79 Å². The second-order valence-corrected chi connectivity index (χ2v) is 4.84. The van der Waals surface area contributed by atoms with Gasteiger partial charge in [0.05, 0.1) is 14.2 Å². The first-order valence-corrected chi connectivity index (χ1v) is 6.89. The smallest absolute Gasteiger partial charge is 0.224 e. The molecule has 1 unspecified atom stereocenters. The van der Waals surface area contributed by atoms with Crippen LogP contribution in [0.1, 0.15) is 18.1 Å². The lowest BCUT2D eigenvalue weighted by Gasteiger charge is -2.15. The Morgan fingerprint density at radius 3 is 2.59 bits per heavy atom. The summed E-state index contributed by atoms with van der Waals surface area (Å²) >= 11 is 0. The number of hydrogen-bond donors (Lipinski definition) is 2. The van der Waals surface area contributed by atoms with Gasteiger partial charge in [-0.15, -0.1) is 19.0 Å². The van der Waals surface area contributed by atoms with Gasteiger partial charge in [-0.25, -0.2) is 0 Å². The summed E-state index contributed by atoms with van der Waals surface area (Å²) in [5.41, 5.74) is 7.40. The molecule has 5 nitrogen and oxygen atoms in total. The molecule has 1 amide bonds. The summed E-state index contributed by atoms with van der Waals surface area (Å²) < 4.78 is 10.7. The third kappa shape index (κ3) is 5.24. The zero-order valence-electron chi connectivity index (χ0n) is 13.3. The van der Waals surface area contributed by atoms with Crippen LogP contribution in [0.25, 0.3) is 0 Å². The highest BCUT2D eigenvalue weighted by Crippen LogP contribution is 2.33. The average Bonchev–Trinajstić information content (AvgIpc) is 2.51. The van der Waals surface area contributed by atoms with Crippen LogP contribution in [-0.2, 0) is 17.8 Å². The number of hydrogen-bond acceptors (Lipinski definition) is 4. The normalized spacial score (nSPS) is 11.1. The number of methoxy groups -OCH3 is 2. The molecule has 0 fully saturated rings. The maximum Gasteiger partial charge on any atom is 0.224 e. The number of nitrogens with one attached hydrogen (secondary N) is 1. The van der Waals surface area contributed by atoms with Gasteiger partial charge in [0.15, 0.2) is 11.5 Å². The van der Waals surface area contributed by atoms with Crippen LogP contribution in [0.15, 0.2) is 24.8 Å². The maximum atomic E-state index is 11.8. The lowest BCUT2D eigenvalue weighted by atomic mass is 10.0. The molecule has 0 aromatic heterocycles. The van der Waals surface area contributed by atoms with Crippen molar-refractivity contribution in [2.24, 2.45) is 11.7 Å². The Hall–Kier alpha value is -1.72. The molecule has 0 saturated carbocycles. The van der Waals surface area contributed by atoms with E-state index in [4.69, 9.17) is 15.2 Å². The number of nitrogens with two attached hydrogens (primary N) is 1. The van der Waals surface area contributed by atoms with E-state index >= 15 is 0 Å². The molecule has 1 aromatic rings. The van der Waals surface area contributed by atoms with E-state index in [1.54, 1.807) is 27.2 Å². The third-order valence-corrected chi connectivity index (χ3v) is 3.25. The summed E-state index contributed by atoms with van der Waals surface area (Å²) in [6.45, 7) is 6.30. The number of carbonyl (C=O) groups excluding carboxylic acids is 1. The van der Waals surface area contributed by atoms with Crippen molar-refractivity contribution in [1.82, 2.24) is 5.32 Å². The highest BCUT2D eigenvalue weighted by Gasteiger charge is 2.14. The lowest BCUT2D eigenvalue weighted by molar-refractivity contribution is -0.124. The predicted molar refractivity (Wildman–Crippen MR) is 90.8 cm³/mol. The van der Waals surface area contributed by atoms with Crippen molar-refractivity contribution in [2.45, 2.75) is 19.9 Å². The predicted octanol–water partition coefficient (Wildman–Crippen LogP) is 2.07. The standard InChI is InChI=1S/C16H24N2O3.ClH/c1-5-6-13-7-12(8-14(20-3)15(13)21-4)10-18-16(19)11(2)9-17;/h5,7-8,11H,1,6,9-10,17H2,2-4H3,(H,18,19);1H. The van der Waals surface area contributed by atoms with Crippen LogP contribution >= 0.6 is 12.4 Å². The molecule has 0 aliphatic carbocycles. The molecule has 0 radical (unpaired) electrons. The molecule has 124 valence electrons. The molecule has 0 heterocycles.